The summed E-state index contributed by atoms with van der Waals surface area (Å²) in [7, 11) is 0. The zero-order valence-corrected chi connectivity index (χ0v) is 14.1. The van der Waals surface area contributed by atoms with Crippen LogP contribution < -0.4 is 5.32 Å². The Labute approximate surface area is 148 Å². The molecule has 0 radical (unpaired) electrons. The molecule has 0 atom stereocenters. The fourth-order valence-corrected chi connectivity index (χ4v) is 3.07. The summed E-state index contributed by atoms with van der Waals surface area (Å²) in [6.07, 6.45) is 3.28. The summed E-state index contributed by atoms with van der Waals surface area (Å²) in [6, 6.07) is 10.7. The number of rotatable bonds is 5. The predicted octanol–water partition coefficient (Wildman–Crippen LogP) is 5.14. The van der Waals surface area contributed by atoms with Crippen LogP contribution in [0.25, 0.3) is 21.8 Å². The molecule has 0 saturated carbocycles. The first-order valence-corrected chi connectivity index (χ1v) is 8.41. The van der Waals surface area contributed by atoms with Crippen LogP contribution in [-0.2, 0) is 5.92 Å². The van der Waals surface area contributed by atoms with E-state index < -0.39 is 5.92 Å². The lowest BCUT2D eigenvalue weighted by Crippen LogP contribution is -2.15. The standard InChI is InChI=1S/C19H17F2N5/c1-2-8-19(20,21)16-14-6-5-13(11-12(14)7-10-22-16)24-18-15-4-3-9-23-17(15)25-26-18/h3-7,9-11H,2,8H2,1H3,(H2,23,24,25,26). The molecule has 0 aliphatic carbocycles. The summed E-state index contributed by atoms with van der Waals surface area (Å²) in [4.78, 5) is 8.12. The first-order valence-electron chi connectivity index (χ1n) is 8.41. The smallest absolute Gasteiger partial charge is 0.290 e. The Morgan fingerprint density at radius 1 is 1.08 bits per heavy atom. The maximum atomic E-state index is 14.4. The average Bonchev–Trinajstić information content (AvgIpc) is 3.04. The van der Waals surface area contributed by atoms with Gasteiger partial charge in [0.1, 0.15) is 11.5 Å². The Morgan fingerprint density at radius 2 is 1.96 bits per heavy atom. The molecule has 0 bridgehead atoms. The summed E-state index contributed by atoms with van der Waals surface area (Å²) in [5, 5.41) is 12.3. The van der Waals surface area contributed by atoms with Crippen molar-refractivity contribution < 1.29 is 8.78 Å². The second-order valence-corrected chi connectivity index (χ2v) is 6.15. The number of benzene rings is 1. The van der Waals surface area contributed by atoms with Crippen LogP contribution >= 0.6 is 0 Å². The lowest BCUT2D eigenvalue weighted by atomic mass is 10.0. The number of hydrogen-bond acceptors (Lipinski definition) is 4. The van der Waals surface area contributed by atoms with Gasteiger partial charge in [-0.2, -0.15) is 13.9 Å². The van der Waals surface area contributed by atoms with E-state index in [0.717, 1.165) is 11.1 Å². The number of anilines is 2. The van der Waals surface area contributed by atoms with Crippen LogP contribution in [0.5, 0.6) is 0 Å². The van der Waals surface area contributed by atoms with Crippen LogP contribution in [0.3, 0.4) is 0 Å². The van der Waals surface area contributed by atoms with Crippen molar-refractivity contribution in [3.63, 3.8) is 0 Å². The molecular formula is C19H17F2N5. The largest absolute Gasteiger partial charge is 0.340 e. The third kappa shape index (κ3) is 2.85. The van der Waals surface area contributed by atoms with Crippen molar-refractivity contribution in [2.45, 2.75) is 25.7 Å². The lowest BCUT2D eigenvalue weighted by molar-refractivity contribution is -0.0167. The molecule has 0 spiro atoms. The van der Waals surface area contributed by atoms with E-state index in [1.54, 1.807) is 31.3 Å². The summed E-state index contributed by atoms with van der Waals surface area (Å²) < 4.78 is 28.7. The number of H-pyrrole nitrogens is 1. The summed E-state index contributed by atoms with van der Waals surface area (Å²) in [6.45, 7) is 1.74. The van der Waals surface area contributed by atoms with Crippen LogP contribution in [0.15, 0.2) is 48.8 Å². The number of nitrogens with one attached hydrogen (secondary N) is 2. The van der Waals surface area contributed by atoms with Crippen LogP contribution in [-0.4, -0.2) is 20.2 Å². The molecule has 26 heavy (non-hydrogen) atoms. The average molecular weight is 353 g/mol. The van der Waals surface area contributed by atoms with E-state index >= 15 is 0 Å². The fraction of sp³-hybridized carbons (Fsp3) is 0.211. The van der Waals surface area contributed by atoms with Gasteiger partial charge in [0, 0.05) is 29.9 Å². The van der Waals surface area contributed by atoms with Crippen LogP contribution in [0.4, 0.5) is 20.3 Å². The van der Waals surface area contributed by atoms with E-state index in [0.29, 0.717) is 28.7 Å². The van der Waals surface area contributed by atoms with Gasteiger partial charge in [-0.05, 0) is 35.7 Å². The van der Waals surface area contributed by atoms with Gasteiger partial charge in [0.25, 0.3) is 5.92 Å². The minimum atomic E-state index is -2.94. The third-order valence-corrected chi connectivity index (χ3v) is 4.27. The Morgan fingerprint density at radius 3 is 2.81 bits per heavy atom. The number of fused-ring (bicyclic) bond motifs is 2. The molecule has 5 nitrogen and oxygen atoms in total. The molecule has 4 aromatic rings. The van der Waals surface area contributed by atoms with E-state index in [-0.39, 0.29) is 12.1 Å². The molecular weight excluding hydrogens is 336 g/mol. The minimum Gasteiger partial charge on any atom is -0.340 e. The van der Waals surface area contributed by atoms with E-state index in [1.807, 2.05) is 18.2 Å². The molecule has 7 heteroatoms. The Balaban J connectivity index is 1.72. The highest BCUT2D eigenvalue weighted by Gasteiger charge is 2.33. The van der Waals surface area contributed by atoms with Crippen LogP contribution in [0.2, 0.25) is 0 Å². The van der Waals surface area contributed by atoms with Crippen molar-refractivity contribution >= 4 is 33.3 Å². The molecule has 3 aromatic heterocycles. The van der Waals surface area contributed by atoms with Crippen molar-refractivity contribution in [3.8, 4) is 0 Å². The van der Waals surface area contributed by atoms with Gasteiger partial charge in [-0.15, -0.1) is 0 Å². The maximum absolute atomic E-state index is 14.4. The number of alkyl halides is 2. The van der Waals surface area contributed by atoms with Crippen molar-refractivity contribution in [2.75, 3.05) is 5.32 Å². The molecule has 3 heterocycles. The van der Waals surface area contributed by atoms with Crippen LogP contribution in [0, 0.1) is 0 Å². The number of aromatic amines is 1. The molecule has 2 N–H and O–H groups in total. The first kappa shape index (κ1) is 16.4. The van der Waals surface area contributed by atoms with E-state index in [9.17, 15) is 8.78 Å². The van der Waals surface area contributed by atoms with Crippen molar-refractivity contribution in [2.24, 2.45) is 0 Å². The SMILES string of the molecule is CCCC(F)(F)c1nccc2cc(Nc3[nH]nc4ncccc34)ccc12. The van der Waals surface area contributed by atoms with Crippen molar-refractivity contribution in [1.29, 1.82) is 0 Å². The molecule has 0 aliphatic heterocycles. The second-order valence-electron chi connectivity index (χ2n) is 6.15. The lowest BCUT2D eigenvalue weighted by Gasteiger charge is -2.17. The Hall–Kier alpha value is -3.09. The summed E-state index contributed by atoms with van der Waals surface area (Å²) in [5.41, 5.74) is 1.21. The molecule has 0 fully saturated rings. The number of hydrogen-bond donors (Lipinski definition) is 2. The number of aromatic nitrogens is 4. The van der Waals surface area contributed by atoms with E-state index in [2.05, 4.69) is 25.5 Å². The quantitative estimate of drug-likeness (QED) is 0.521. The van der Waals surface area contributed by atoms with Gasteiger partial charge in [0.15, 0.2) is 5.65 Å². The summed E-state index contributed by atoms with van der Waals surface area (Å²) >= 11 is 0. The van der Waals surface area contributed by atoms with Gasteiger partial charge < -0.3 is 5.32 Å². The number of pyridine rings is 2. The molecule has 0 aliphatic rings. The van der Waals surface area contributed by atoms with Gasteiger partial charge >= 0.3 is 0 Å². The van der Waals surface area contributed by atoms with Gasteiger partial charge in [0.2, 0.25) is 0 Å². The van der Waals surface area contributed by atoms with Gasteiger partial charge in [-0.3, -0.25) is 10.1 Å². The van der Waals surface area contributed by atoms with Gasteiger partial charge in [-0.1, -0.05) is 19.4 Å². The van der Waals surface area contributed by atoms with Crippen molar-refractivity contribution in [3.05, 3.63) is 54.5 Å². The topological polar surface area (TPSA) is 66.5 Å². The van der Waals surface area contributed by atoms with Gasteiger partial charge in [-0.25, -0.2) is 4.98 Å². The zero-order chi connectivity index (χ0) is 18.1. The molecule has 0 saturated heterocycles. The maximum Gasteiger partial charge on any atom is 0.290 e. The second kappa shape index (κ2) is 6.33. The Bertz CT molecular complexity index is 1070. The highest BCUT2D eigenvalue weighted by atomic mass is 19.3. The van der Waals surface area contributed by atoms with Crippen LogP contribution in [0.1, 0.15) is 25.5 Å². The Kier molecular flexibility index (Phi) is 3.99. The third-order valence-electron chi connectivity index (χ3n) is 4.27. The predicted molar refractivity (Wildman–Crippen MR) is 97.7 cm³/mol. The molecule has 1 aromatic carbocycles. The molecule has 0 amide bonds. The first-order chi connectivity index (χ1) is 12.6. The van der Waals surface area contributed by atoms with E-state index in [4.69, 9.17) is 0 Å². The molecule has 0 unspecified atom stereocenters. The highest BCUT2D eigenvalue weighted by Crippen LogP contribution is 2.36. The zero-order valence-electron chi connectivity index (χ0n) is 14.1. The minimum absolute atomic E-state index is 0.167. The van der Waals surface area contributed by atoms with Crippen molar-refractivity contribution in [1.82, 2.24) is 20.2 Å². The monoisotopic (exact) mass is 353 g/mol. The molecule has 132 valence electrons. The molecule has 4 rings (SSSR count). The number of halogens is 2. The van der Waals surface area contributed by atoms with Gasteiger partial charge in [0.05, 0.1) is 5.39 Å². The summed E-state index contributed by atoms with van der Waals surface area (Å²) in [5.74, 6) is -2.23. The van der Waals surface area contributed by atoms with E-state index in [1.165, 1.54) is 6.20 Å². The fourth-order valence-electron chi connectivity index (χ4n) is 3.07. The normalized spacial score (nSPS) is 12.0. The number of nitrogens with zero attached hydrogens (tertiary/aromatic N) is 3. The highest BCUT2D eigenvalue weighted by molar-refractivity contribution is 5.92.